The summed E-state index contributed by atoms with van der Waals surface area (Å²) in [4.78, 5) is 21.9. The normalized spacial score (nSPS) is 12.5. The van der Waals surface area contributed by atoms with E-state index >= 15 is 0 Å². The highest BCUT2D eigenvalue weighted by Gasteiger charge is 2.16. The molecule has 0 fully saturated rings. The third-order valence-corrected chi connectivity index (χ3v) is 7.82. The zero-order chi connectivity index (χ0) is 28.7. The lowest BCUT2D eigenvalue weighted by molar-refractivity contribution is -0.142. The van der Waals surface area contributed by atoms with Crippen molar-refractivity contribution in [1.29, 1.82) is 0 Å². The van der Waals surface area contributed by atoms with E-state index in [9.17, 15) is 14.7 Å². The summed E-state index contributed by atoms with van der Waals surface area (Å²) in [7, 11) is 0. The first-order chi connectivity index (χ1) is 18.4. The number of hydrogen-bond donors (Lipinski definition) is 2. The van der Waals surface area contributed by atoms with Crippen LogP contribution in [0.25, 0.3) is 0 Å². The number of aliphatic carboxylic acids is 2. The first-order valence-electron chi connectivity index (χ1n) is 16.9. The SMILES string of the molecule is CCCCCCCCCC(C)C(=O)O.CCCCCCCCCCCC(CCCCCCCCC)C(=O)O. The predicted molar refractivity (Wildman–Crippen MR) is 165 cm³/mol. The molecule has 0 aliphatic heterocycles. The standard InChI is InChI=1S/C22H44O2.C12H24O2/c1-3-5-7-9-11-12-14-16-18-20-21(22(23)24)19-17-15-13-10-8-6-4-2;1-3-4-5-6-7-8-9-10-11(2)12(13)14/h21H,3-20H2,1-2H3,(H,23,24);11H,3-10H2,1-2H3,(H,13,14). The van der Waals surface area contributed by atoms with Gasteiger partial charge in [-0.3, -0.25) is 9.59 Å². The number of hydrogen-bond acceptors (Lipinski definition) is 2. The lowest BCUT2D eigenvalue weighted by atomic mass is 9.94. The van der Waals surface area contributed by atoms with E-state index in [0.29, 0.717) is 0 Å². The highest BCUT2D eigenvalue weighted by Crippen LogP contribution is 2.20. The minimum Gasteiger partial charge on any atom is -0.481 e. The van der Waals surface area contributed by atoms with Crippen molar-refractivity contribution in [3.63, 3.8) is 0 Å². The van der Waals surface area contributed by atoms with Gasteiger partial charge in [-0.05, 0) is 19.3 Å². The quantitative estimate of drug-likeness (QED) is 0.0967. The van der Waals surface area contributed by atoms with Crippen molar-refractivity contribution < 1.29 is 19.8 Å². The van der Waals surface area contributed by atoms with Crippen molar-refractivity contribution in [2.75, 3.05) is 0 Å². The molecule has 0 aliphatic carbocycles. The lowest BCUT2D eigenvalue weighted by Crippen LogP contribution is -2.13. The molecule has 0 amide bonds. The Morgan fingerprint density at radius 3 is 0.947 bits per heavy atom. The Labute approximate surface area is 238 Å². The first kappa shape index (κ1) is 39.1. The van der Waals surface area contributed by atoms with E-state index in [1.807, 2.05) is 0 Å². The zero-order valence-corrected chi connectivity index (χ0v) is 26.3. The van der Waals surface area contributed by atoms with Crippen LogP contribution >= 0.6 is 0 Å². The molecule has 0 aromatic carbocycles. The molecule has 0 spiro atoms. The van der Waals surface area contributed by atoms with Gasteiger partial charge in [-0.2, -0.15) is 0 Å². The second-order valence-electron chi connectivity index (χ2n) is 11.7. The fourth-order valence-corrected chi connectivity index (χ4v) is 4.97. The van der Waals surface area contributed by atoms with Crippen LogP contribution in [0.1, 0.15) is 195 Å². The second-order valence-corrected chi connectivity index (χ2v) is 11.7. The Kier molecular flexibility index (Phi) is 33.1. The number of carboxylic acid groups (broad SMARTS) is 2. The molecule has 0 aromatic heterocycles. The lowest BCUT2D eigenvalue weighted by Gasteiger charge is -2.12. The molecule has 2 N–H and O–H groups in total. The van der Waals surface area contributed by atoms with Gasteiger partial charge in [-0.25, -0.2) is 0 Å². The summed E-state index contributed by atoms with van der Waals surface area (Å²) in [6.45, 7) is 8.50. The van der Waals surface area contributed by atoms with Crippen LogP contribution in [0.3, 0.4) is 0 Å². The van der Waals surface area contributed by atoms with Crippen molar-refractivity contribution in [3.8, 4) is 0 Å². The van der Waals surface area contributed by atoms with Gasteiger partial charge in [-0.1, -0.05) is 175 Å². The smallest absolute Gasteiger partial charge is 0.306 e. The zero-order valence-electron chi connectivity index (χ0n) is 26.3. The molecular formula is C34H68O4. The van der Waals surface area contributed by atoms with E-state index < -0.39 is 11.9 Å². The molecular weight excluding hydrogens is 472 g/mol. The van der Waals surface area contributed by atoms with E-state index in [-0.39, 0.29) is 11.8 Å². The van der Waals surface area contributed by atoms with Crippen molar-refractivity contribution in [1.82, 2.24) is 0 Å². The third kappa shape index (κ3) is 31.2. The maximum absolute atomic E-state index is 11.4. The van der Waals surface area contributed by atoms with Crippen LogP contribution in [-0.2, 0) is 9.59 Å². The first-order valence-corrected chi connectivity index (χ1v) is 16.9. The van der Waals surface area contributed by atoms with E-state index in [0.717, 1.165) is 38.5 Å². The van der Waals surface area contributed by atoms with Crippen molar-refractivity contribution >= 4 is 11.9 Å². The molecule has 0 saturated heterocycles. The van der Waals surface area contributed by atoms with Gasteiger partial charge >= 0.3 is 11.9 Å². The number of unbranched alkanes of at least 4 members (excludes halogenated alkanes) is 20. The van der Waals surface area contributed by atoms with Gasteiger partial charge in [-0.15, -0.1) is 0 Å². The van der Waals surface area contributed by atoms with Crippen LogP contribution in [-0.4, -0.2) is 22.2 Å². The number of carbonyl (C=O) groups is 2. The fourth-order valence-electron chi connectivity index (χ4n) is 4.97. The molecule has 2 atom stereocenters. The molecule has 4 nitrogen and oxygen atoms in total. The molecule has 0 aliphatic rings. The summed E-state index contributed by atoms with van der Waals surface area (Å²) in [6, 6.07) is 0. The molecule has 0 bridgehead atoms. The van der Waals surface area contributed by atoms with Gasteiger partial charge in [0.25, 0.3) is 0 Å². The minimum absolute atomic E-state index is 0.0924. The Morgan fingerprint density at radius 1 is 0.421 bits per heavy atom. The van der Waals surface area contributed by atoms with Crippen molar-refractivity contribution in [2.24, 2.45) is 11.8 Å². The Hall–Kier alpha value is -1.06. The van der Waals surface area contributed by atoms with E-state index in [4.69, 9.17) is 5.11 Å². The molecule has 0 heterocycles. The summed E-state index contributed by atoms with van der Waals surface area (Å²) in [5.41, 5.74) is 0. The van der Waals surface area contributed by atoms with Crippen LogP contribution in [0.5, 0.6) is 0 Å². The third-order valence-electron chi connectivity index (χ3n) is 7.82. The van der Waals surface area contributed by atoms with E-state index in [1.54, 1.807) is 6.92 Å². The maximum Gasteiger partial charge on any atom is 0.306 e. The average Bonchev–Trinajstić information content (AvgIpc) is 2.89. The molecule has 0 radical (unpaired) electrons. The molecule has 0 aromatic rings. The summed E-state index contributed by atoms with van der Waals surface area (Å²) < 4.78 is 0. The summed E-state index contributed by atoms with van der Waals surface area (Å²) in [5.74, 6) is -1.48. The molecule has 38 heavy (non-hydrogen) atoms. The van der Waals surface area contributed by atoms with Crippen LogP contribution in [0.15, 0.2) is 0 Å². The summed E-state index contributed by atoms with van der Waals surface area (Å²) >= 11 is 0. The monoisotopic (exact) mass is 541 g/mol. The van der Waals surface area contributed by atoms with Crippen LogP contribution < -0.4 is 0 Å². The molecule has 228 valence electrons. The van der Waals surface area contributed by atoms with Crippen molar-refractivity contribution in [3.05, 3.63) is 0 Å². The largest absolute Gasteiger partial charge is 0.481 e. The Balaban J connectivity index is 0. The molecule has 4 heteroatoms. The molecule has 0 rings (SSSR count). The maximum atomic E-state index is 11.4. The van der Waals surface area contributed by atoms with Crippen LogP contribution in [0, 0.1) is 11.8 Å². The second kappa shape index (κ2) is 32.2. The topological polar surface area (TPSA) is 74.6 Å². The van der Waals surface area contributed by atoms with Gasteiger partial charge in [0.05, 0.1) is 11.8 Å². The highest BCUT2D eigenvalue weighted by atomic mass is 16.4. The number of rotatable bonds is 28. The molecule has 0 saturated carbocycles. The minimum atomic E-state index is -0.656. The van der Waals surface area contributed by atoms with Gasteiger partial charge < -0.3 is 10.2 Å². The van der Waals surface area contributed by atoms with E-state index in [2.05, 4.69) is 20.8 Å². The highest BCUT2D eigenvalue weighted by molar-refractivity contribution is 5.70. The van der Waals surface area contributed by atoms with Crippen molar-refractivity contribution in [2.45, 2.75) is 195 Å². The van der Waals surface area contributed by atoms with Gasteiger partial charge in [0.2, 0.25) is 0 Å². The molecule has 2 unspecified atom stereocenters. The van der Waals surface area contributed by atoms with Gasteiger partial charge in [0, 0.05) is 0 Å². The van der Waals surface area contributed by atoms with Gasteiger partial charge in [0.15, 0.2) is 0 Å². The number of carboxylic acids is 2. The van der Waals surface area contributed by atoms with Gasteiger partial charge in [0.1, 0.15) is 0 Å². The van der Waals surface area contributed by atoms with E-state index in [1.165, 1.54) is 128 Å². The van der Waals surface area contributed by atoms with Crippen LogP contribution in [0.2, 0.25) is 0 Å². The van der Waals surface area contributed by atoms with Crippen LogP contribution in [0.4, 0.5) is 0 Å². The predicted octanol–water partition coefficient (Wildman–Crippen LogP) is 11.6. The summed E-state index contributed by atoms with van der Waals surface area (Å²) in [5, 5.41) is 18.0. The Morgan fingerprint density at radius 2 is 0.684 bits per heavy atom. The average molecular weight is 541 g/mol. The fraction of sp³-hybridized carbons (Fsp3) is 0.941. The Bertz CT molecular complexity index is 491. The summed E-state index contributed by atoms with van der Waals surface area (Å²) in [6.07, 6.45) is 32.1.